The van der Waals surface area contributed by atoms with Crippen LogP contribution < -0.4 is 15.2 Å². The highest BCUT2D eigenvalue weighted by molar-refractivity contribution is 5.67. The summed E-state index contributed by atoms with van der Waals surface area (Å²) in [5.74, 6) is -2.12. The van der Waals surface area contributed by atoms with Crippen molar-refractivity contribution < 1.29 is 23.0 Å². The Bertz CT molecular complexity index is 568. The summed E-state index contributed by atoms with van der Waals surface area (Å²) < 4.78 is 35.9. The molecule has 22 heavy (non-hydrogen) atoms. The number of rotatable bonds is 4. The topological polar surface area (TPSA) is 87.3 Å². The predicted molar refractivity (Wildman–Crippen MR) is 74.7 cm³/mol. The third-order valence-corrected chi connectivity index (χ3v) is 3.46. The number of hydrogen-bond acceptors (Lipinski definition) is 5. The fourth-order valence-electron chi connectivity index (χ4n) is 2.26. The van der Waals surface area contributed by atoms with Gasteiger partial charge in [-0.25, -0.2) is 13.6 Å². The van der Waals surface area contributed by atoms with Crippen LogP contribution in [0.5, 0.6) is 11.8 Å². The third-order valence-electron chi connectivity index (χ3n) is 3.46. The maximum Gasteiger partial charge on any atom is 0.412 e. The Kier molecular flexibility index (Phi) is 4.89. The summed E-state index contributed by atoms with van der Waals surface area (Å²) in [6.45, 7) is 0. The number of carbonyl (C=O) groups is 1. The van der Waals surface area contributed by atoms with Crippen molar-refractivity contribution >= 4 is 12.2 Å². The van der Waals surface area contributed by atoms with E-state index in [1.54, 1.807) is 6.08 Å². The molecular weight excluding hydrogens is 296 g/mol. The van der Waals surface area contributed by atoms with Crippen molar-refractivity contribution in [2.24, 2.45) is 11.7 Å². The van der Waals surface area contributed by atoms with Gasteiger partial charge in [0.2, 0.25) is 5.92 Å². The second kappa shape index (κ2) is 6.67. The first-order valence-electron chi connectivity index (χ1n) is 6.84. The Balaban J connectivity index is 2.10. The van der Waals surface area contributed by atoms with E-state index in [1.165, 1.54) is 13.3 Å². The molecule has 0 saturated heterocycles. The number of methoxy groups -OCH3 is 1. The van der Waals surface area contributed by atoms with Crippen molar-refractivity contribution in [3.63, 3.8) is 0 Å². The van der Waals surface area contributed by atoms with Gasteiger partial charge in [0.1, 0.15) is 5.69 Å². The molecule has 6 nitrogen and oxygen atoms in total. The molecule has 8 heteroatoms. The lowest BCUT2D eigenvalue weighted by Gasteiger charge is -2.26. The molecule has 1 aromatic heterocycles. The summed E-state index contributed by atoms with van der Waals surface area (Å²) in [5.41, 5.74) is 5.29. The van der Waals surface area contributed by atoms with Gasteiger partial charge in [-0.15, -0.1) is 0 Å². The molecule has 0 aliphatic heterocycles. The molecule has 1 aliphatic carbocycles. The number of amides is 1. The van der Waals surface area contributed by atoms with Crippen LogP contribution in [-0.4, -0.2) is 29.1 Å². The predicted octanol–water partition coefficient (Wildman–Crippen LogP) is 2.78. The first-order valence-corrected chi connectivity index (χ1v) is 6.84. The van der Waals surface area contributed by atoms with E-state index in [1.807, 2.05) is 6.08 Å². The number of halogens is 2. The van der Waals surface area contributed by atoms with Gasteiger partial charge in [0.05, 0.1) is 13.3 Å². The largest absolute Gasteiger partial charge is 0.493 e. The summed E-state index contributed by atoms with van der Waals surface area (Å²) in [6.07, 6.45) is 4.41. The van der Waals surface area contributed by atoms with Gasteiger partial charge in [0.25, 0.3) is 0 Å². The summed E-state index contributed by atoms with van der Waals surface area (Å²) >= 11 is 0. The second-order valence-corrected chi connectivity index (χ2v) is 5.08. The first-order chi connectivity index (χ1) is 10.4. The Hall–Kier alpha value is -2.25. The molecule has 2 rings (SSSR count). The summed E-state index contributed by atoms with van der Waals surface area (Å²) in [4.78, 5) is 18.5. The fraction of sp³-hybridized carbons (Fsp3) is 0.500. The number of hydrogen-bond donors (Lipinski definition) is 1. The van der Waals surface area contributed by atoms with E-state index >= 15 is 0 Å². The lowest BCUT2D eigenvalue weighted by molar-refractivity contribution is -0.0410. The molecule has 0 bridgehead atoms. The highest BCUT2D eigenvalue weighted by atomic mass is 19.3. The molecule has 1 saturated carbocycles. The number of ether oxygens (including phenoxy) is 2. The molecule has 0 spiro atoms. The van der Waals surface area contributed by atoms with Crippen LogP contribution in [0.2, 0.25) is 0 Å². The standard InChI is InChI=1S/C14H17F2N3O3/c1-21-11-8-18-13(22-12(17)20)19-10(11)3-2-9-4-6-14(15,16)7-5-9/h2-3,8-9H,4-7H2,1H3,(H2,17,20). The number of nitrogens with two attached hydrogens (primary N) is 1. The van der Waals surface area contributed by atoms with Crippen LogP contribution in [0.15, 0.2) is 12.3 Å². The first kappa shape index (κ1) is 16.1. The molecular formula is C14H17F2N3O3. The molecule has 120 valence electrons. The van der Waals surface area contributed by atoms with Gasteiger partial charge in [-0.1, -0.05) is 6.08 Å². The number of allylic oxidation sites excluding steroid dienone is 1. The molecule has 0 aromatic carbocycles. The van der Waals surface area contributed by atoms with Crippen LogP contribution in [0, 0.1) is 5.92 Å². The second-order valence-electron chi connectivity index (χ2n) is 5.08. The minimum Gasteiger partial charge on any atom is -0.493 e. The molecule has 0 atom stereocenters. The van der Waals surface area contributed by atoms with Crippen molar-refractivity contribution in [3.05, 3.63) is 18.0 Å². The van der Waals surface area contributed by atoms with E-state index in [9.17, 15) is 13.6 Å². The molecule has 1 fully saturated rings. The van der Waals surface area contributed by atoms with E-state index < -0.39 is 12.0 Å². The quantitative estimate of drug-likeness (QED) is 0.923. The van der Waals surface area contributed by atoms with Gasteiger partial charge in [-0.05, 0) is 24.8 Å². The van der Waals surface area contributed by atoms with E-state index in [4.69, 9.17) is 10.5 Å². The fourth-order valence-corrected chi connectivity index (χ4v) is 2.26. The summed E-state index contributed by atoms with van der Waals surface area (Å²) in [5, 5.41) is 0. The zero-order valence-corrected chi connectivity index (χ0v) is 12.1. The third kappa shape index (κ3) is 4.37. The maximum atomic E-state index is 13.1. The van der Waals surface area contributed by atoms with Gasteiger partial charge >= 0.3 is 12.1 Å². The van der Waals surface area contributed by atoms with Crippen molar-refractivity contribution in [1.29, 1.82) is 0 Å². The zero-order chi connectivity index (χ0) is 16.2. The number of primary amides is 1. The summed E-state index contributed by atoms with van der Waals surface area (Å²) in [7, 11) is 1.45. The molecule has 1 amide bonds. The minimum atomic E-state index is -2.56. The highest BCUT2D eigenvalue weighted by Gasteiger charge is 2.33. The molecule has 0 unspecified atom stereocenters. The molecule has 2 N–H and O–H groups in total. The average molecular weight is 313 g/mol. The number of alkyl halides is 2. The van der Waals surface area contributed by atoms with Crippen LogP contribution in [0.3, 0.4) is 0 Å². The van der Waals surface area contributed by atoms with Crippen molar-refractivity contribution in [1.82, 2.24) is 9.97 Å². The van der Waals surface area contributed by atoms with Crippen LogP contribution in [0.4, 0.5) is 13.6 Å². The van der Waals surface area contributed by atoms with E-state index in [0.29, 0.717) is 24.3 Å². The number of aromatic nitrogens is 2. The van der Waals surface area contributed by atoms with E-state index in [0.717, 1.165) is 0 Å². The highest BCUT2D eigenvalue weighted by Crippen LogP contribution is 2.37. The van der Waals surface area contributed by atoms with Crippen LogP contribution in [0.1, 0.15) is 31.4 Å². The van der Waals surface area contributed by atoms with Gasteiger partial charge < -0.3 is 15.2 Å². The Morgan fingerprint density at radius 2 is 2.14 bits per heavy atom. The summed E-state index contributed by atoms with van der Waals surface area (Å²) in [6, 6.07) is -0.192. The van der Waals surface area contributed by atoms with Crippen molar-refractivity contribution in [3.8, 4) is 11.8 Å². The minimum absolute atomic E-state index is 0.0554. The van der Waals surface area contributed by atoms with Gasteiger partial charge in [0, 0.05) is 12.8 Å². The van der Waals surface area contributed by atoms with E-state index in [2.05, 4.69) is 14.7 Å². The normalized spacial score (nSPS) is 18.3. The monoisotopic (exact) mass is 313 g/mol. The van der Waals surface area contributed by atoms with Crippen molar-refractivity contribution in [2.75, 3.05) is 7.11 Å². The number of carbonyl (C=O) groups excluding carboxylic acids is 1. The molecule has 1 aliphatic rings. The smallest absolute Gasteiger partial charge is 0.412 e. The molecule has 1 aromatic rings. The van der Waals surface area contributed by atoms with Crippen LogP contribution >= 0.6 is 0 Å². The van der Waals surface area contributed by atoms with Gasteiger partial charge in [-0.2, -0.15) is 9.97 Å². The van der Waals surface area contributed by atoms with Gasteiger partial charge in [-0.3, -0.25) is 0 Å². The Morgan fingerprint density at radius 1 is 1.45 bits per heavy atom. The maximum absolute atomic E-state index is 13.1. The number of nitrogens with zero attached hydrogens (tertiary/aromatic N) is 2. The average Bonchev–Trinajstić information content (AvgIpc) is 2.46. The van der Waals surface area contributed by atoms with Crippen LogP contribution in [0.25, 0.3) is 6.08 Å². The molecule has 1 heterocycles. The van der Waals surface area contributed by atoms with E-state index in [-0.39, 0.29) is 24.8 Å². The lowest BCUT2D eigenvalue weighted by Crippen LogP contribution is -2.23. The lowest BCUT2D eigenvalue weighted by atomic mass is 9.86. The Morgan fingerprint density at radius 3 is 2.73 bits per heavy atom. The molecule has 0 radical (unpaired) electrons. The van der Waals surface area contributed by atoms with Crippen molar-refractivity contribution in [2.45, 2.75) is 31.6 Å². The zero-order valence-electron chi connectivity index (χ0n) is 12.1. The SMILES string of the molecule is COc1cnc(OC(N)=O)nc1C=CC1CCC(F)(F)CC1. The van der Waals surface area contributed by atoms with Crippen LogP contribution in [-0.2, 0) is 0 Å². The van der Waals surface area contributed by atoms with Gasteiger partial charge in [0.15, 0.2) is 5.75 Å². The Labute approximate surface area is 126 Å².